The molecule has 3 heterocycles. The SMILES string of the molecule is CC(C)(O)c1cnnn1C1CC(C(=O)NC2(C(=O)C(N)=O)CCOCC2)N(C(=O)[C@@H](CC2CCCCC2)NC(=O)c2ccc(S(=O)(=O)NC3CC(F)(F)C3)cc2)C1. The summed E-state index contributed by atoms with van der Waals surface area (Å²) in [6, 6.07) is 0.920. The average molecular weight is 821 g/mol. The molecule has 1 aromatic heterocycles. The van der Waals surface area contributed by atoms with Crippen LogP contribution in [0, 0.1) is 5.92 Å². The van der Waals surface area contributed by atoms with Gasteiger partial charge >= 0.3 is 0 Å². The molecule has 1 aromatic carbocycles. The maximum atomic E-state index is 14.8. The van der Waals surface area contributed by atoms with Crippen molar-refractivity contribution in [2.45, 2.75) is 131 Å². The Morgan fingerprint density at radius 1 is 1.05 bits per heavy atom. The fraction of sp³-hybridized carbons (Fsp3) is 0.649. The van der Waals surface area contributed by atoms with Crippen LogP contribution >= 0.6 is 0 Å². The van der Waals surface area contributed by atoms with Crippen molar-refractivity contribution in [2.24, 2.45) is 11.7 Å². The second-order valence-corrected chi connectivity index (χ2v) is 18.0. The van der Waals surface area contributed by atoms with Crippen molar-refractivity contribution in [1.82, 2.24) is 35.2 Å². The summed E-state index contributed by atoms with van der Waals surface area (Å²) in [5.41, 5.74) is 2.70. The molecule has 0 bridgehead atoms. The van der Waals surface area contributed by atoms with E-state index in [9.17, 15) is 46.3 Å². The van der Waals surface area contributed by atoms with Crippen molar-refractivity contribution in [3.63, 3.8) is 0 Å². The normalized spacial score (nSPS) is 23.3. The Morgan fingerprint density at radius 3 is 2.30 bits per heavy atom. The van der Waals surface area contributed by atoms with E-state index in [2.05, 4.69) is 25.7 Å². The fourth-order valence-electron chi connectivity index (χ4n) is 8.36. The van der Waals surface area contributed by atoms with Crippen LogP contribution in [0.3, 0.4) is 0 Å². The average Bonchev–Trinajstić information content (AvgIpc) is 3.83. The number of hydrogen-bond donors (Lipinski definition) is 5. The van der Waals surface area contributed by atoms with Gasteiger partial charge in [-0.05, 0) is 50.5 Å². The van der Waals surface area contributed by atoms with Crippen LogP contribution in [0.4, 0.5) is 8.78 Å². The highest BCUT2D eigenvalue weighted by Gasteiger charge is 2.50. The number of primary amides is 1. The number of Topliss-reactive ketones (excluding diaryl/α,β-unsaturated/α-hetero) is 1. The highest BCUT2D eigenvalue weighted by atomic mass is 32.2. The van der Waals surface area contributed by atoms with Crippen LogP contribution in [0.2, 0.25) is 0 Å². The molecule has 2 unspecified atom stereocenters. The molecule has 2 aromatic rings. The lowest BCUT2D eigenvalue weighted by Gasteiger charge is -2.37. The highest BCUT2D eigenvalue weighted by Crippen LogP contribution is 2.38. The van der Waals surface area contributed by atoms with E-state index in [1.807, 2.05) is 0 Å². The van der Waals surface area contributed by atoms with Gasteiger partial charge in [0, 0.05) is 63.5 Å². The molecule has 4 amide bonds. The Labute approximate surface area is 328 Å². The van der Waals surface area contributed by atoms with Crippen LogP contribution in [-0.2, 0) is 39.5 Å². The van der Waals surface area contributed by atoms with Gasteiger partial charge in [-0.1, -0.05) is 37.3 Å². The number of likely N-dealkylation sites (tertiary alicyclic amines) is 1. The molecule has 0 spiro atoms. The van der Waals surface area contributed by atoms with Gasteiger partial charge in [-0.25, -0.2) is 26.6 Å². The molecule has 6 rings (SSSR count). The first kappa shape index (κ1) is 42.2. The molecule has 57 heavy (non-hydrogen) atoms. The zero-order valence-electron chi connectivity index (χ0n) is 31.9. The maximum absolute atomic E-state index is 14.8. The second-order valence-electron chi connectivity index (χ2n) is 16.3. The maximum Gasteiger partial charge on any atom is 0.287 e. The number of amides is 4. The molecular weight excluding hydrogens is 771 g/mol. The zero-order chi connectivity index (χ0) is 41.3. The summed E-state index contributed by atoms with van der Waals surface area (Å²) in [5.74, 6) is -7.10. The number of benzene rings is 1. The number of nitrogens with one attached hydrogen (secondary N) is 3. The third-order valence-corrected chi connectivity index (χ3v) is 13.1. The molecule has 4 aliphatic rings. The Kier molecular flexibility index (Phi) is 12.2. The van der Waals surface area contributed by atoms with E-state index < -0.39 is 93.5 Å². The van der Waals surface area contributed by atoms with Crippen LogP contribution < -0.4 is 21.1 Å². The number of rotatable bonds is 14. The summed E-state index contributed by atoms with van der Waals surface area (Å²) in [5, 5.41) is 24.6. The molecule has 2 aliphatic heterocycles. The molecule has 3 atom stereocenters. The summed E-state index contributed by atoms with van der Waals surface area (Å²) in [6.07, 6.45) is 4.86. The van der Waals surface area contributed by atoms with Gasteiger partial charge in [0.05, 0.1) is 22.8 Å². The zero-order valence-corrected chi connectivity index (χ0v) is 32.7. The number of ether oxygens (including phenoxy) is 1. The minimum Gasteiger partial charge on any atom is -0.384 e. The Hall–Kier alpha value is -4.40. The predicted octanol–water partition coefficient (Wildman–Crippen LogP) is 1.21. The highest BCUT2D eigenvalue weighted by molar-refractivity contribution is 7.89. The van der Waals surface area contributed by atoms with Crippen molar-refractivity contribution < 1.29 is 51.0 Å². The summed E-state index contributed by atoms with van der Waals surface area (Å²) >= 11 is 0. The van der Waals surface area contributed by atoms with E-state index in [4.69, 9.17) is 10.5 Å². The standard InChI is InChI=1S/C37H50F2N8O9S/c1-35(2,53)29-20-41-45-47(29)25-17-28(33(51)43-36(30(48)31(40)49)12-14-56-15-13-36)46(21-25)34(52)27(16-22-6-4-3-5-7-22)42-32(50)23-8-10-26(11-9-23)57(54,55)44-24-18-37(38,39)19-24/h8-11,20,22,24-25,27-28,44,53H,3-7,12-19,21H2,1-2H3,(H2,40,49)(H,42,50)(H,43,51)/t25?,27-,28?/m1/s1. The molecular formula is C37H50F2N8O9S. The van der Waals surface area contributed by atoms with Crippen LogP contribution in [0.25, 0.3) is 0 Å². The van der Waals surface area contributed by atoms with Gasteiger partial charge < -0.3 is 31.1 Å². The number of aromatic nitrogens is 3. The summed E-state index contributed by atoms with van der Waals surface area (Å²) < 4.78 is 61.4. The molecule has 17 nitrogen and oxygen atoms in total. The predicted molar refractivity (Wildman–Crippen MR) is 197 cm³/mol. The first-order valence-electron chi connectivity index (χ1n) is 19.3. The molecule has 4 fully saturated rings. The van der Waals surface area contributed by atoms with Gasteiger partial charge in [-0.3, -0.25) is 24.0 Å². The Bertz CT molecular complexity index is 1950. The summed E-state index contributed by atoms with van der Waals surface area (Å²) in [4.78, 5) is 69.3. The van der Waals surface area contributed by atoms with E-state index in [1.165, 1.54) is 40.0 Å². The Balaban J connectivity index is 1.27. The number of nitrogens with two attached hydrogens (primary N) is 1. The van der Waals surface area contributed by atoms with E-state index in [1.54, 1.807) is 13.8 Å². The summed E-state index contributed by atoms with van der Waals surface area (Å²) in [6.45, 7) is 3.13. The molecule has 20 heteroatoms. The smallest absolute Gasteiger partial charge is 0.287 e. The third-order valence-electron chi connectivity index (χ3n) is 11.5. The van der Waals surface area contributed by atoms with Crippen molar-refractivity contribution in [1.29, 1.82) is 0 Å². The molecule has 0 radical (unpaired) electrons. The number of carbonyl (C=O) groups excluding carboxylic acids is 5. The minimum absolute atomic E-state index is 0.0199. The van der Waals surface area contributed by atoms with Gasteiger partial charge in [0.15, 0.2) is 0 Å². The number of nitrogens with zero attached hydrogens (tertiary/aromatic N) is 4. The molecule has 2 saturated carbocycles. The lowest BCUT2D eigenvalue weighted by atomic mass is 9.84. The van der Waals surface area contributed by atoms with Gasteiger partial charge in [-0.2, -0.15) is 0 Å². The monoisotopic (exact) mass is 820 g/mol. The van der Waals surface area contributed by atoms with Crippen LogP contribution in [0.5, 0.6) is 0 Å². The first-order valence-corrected chi connectivity index (χ1v) is 20.8. The molecule has 312 valence electrons. The molecule has 2 aliphatic carbocycles. The lowest BCUT2D eigenvalue weighted by molar-refractivity contribution is -0.147. The number of aliphatic hydroxyl groups is 1. The summed E-state index contributed by atoms with van der Waals surface area (Å²) in [7, 11) is -4.15. The van der Waals surface area contributed by atoms with Crippen molar-refractivity contribution in [3.8, 4) is 0 Å². The number of halogens is 2. The minimum atomic E-state index is -4.15. The van der Waals surface area contributed by atoms with E-state index in [0.717, 1.165) is 32.1 Å². The molecule has 6 N–H and O–H groups in total. The van der Waals surface area contributed by atoms with Crippen LogP contribution in [0.15, 0.2) is 35.4 Å². The van der Waals surface area contributed by atoms with E-state index >= 15 is 0 Å². The number of alkyl halides is 2. The van der Waals surface area contributed by atoms with Crippen molar-refractivity contribution in [3.05, 3.63) is 41.7 Å². The lowest BCUT2D eigenvalue weighted by Crippen LogP contribution is -2.64. The first-order chi connectivity index (χ1) is 26.8. The number of sulfonamides is 1. The second kappa shape index (κ2) is 16.5. The Morgan fingerprint density at radius 2 is 1.70 bits per heavy atom. The fourth-order valence-corrected chi connectivity index (χ4v) is 9.59. The van der Waals surface area contributed by atoms with E-state index in [0.29, 0.717) is 5.69 Å². The third kappa shape index (κ3) is 9.50. The van der Waals surface area contributed by atoms with Gasteiger partial charge in [0.1, 0.15) is 23.2 Å². The molecule has 2 saturated heterocycles. The van der Waals surface area contributed by atoms with Crippen molar-refractivity contribution >= 4 is 39.4 Å². The topological polar surface area (TPSA) is 245 Å². The largest absolute Gasteiger partial charge is 0.384 e. The number of ketones is 1. The van der Waals surface area contributed by atoms with Crippen molar-refractivity contribution in [2.75, 3.05) is 19.8 Å². The van der Waals surface area contributed by atoms with E-state index in [-0.39, 0.29) is 61.8 Å². The number of carbonyl (C=O) groups is 5. The van der Waals surface area contributed by atoms with Gasteiger partial charge in [0.25, 0.3) is 17.7 Å². The quantitative estimate of drug-likeness (QED) is 0.170. The van der Waals surface area contributed by atoms with Gasteiger partial charge in [-0.15, -0.1) is 5.10 Å². The van der Waals surface area contributed by atoms with Gasteiger partial charge in [0.2, 0.25) is 27.6 Å². The van der Waals surface area contributed by atoms with Crippen LogP contribution in [-0.4, -0.2) is 112 Å². The van der Waals surface area contributed by atoms with Crippen LogP contribution in [0.1, 0.15) is 107 Å². The number of hydrogen-bond acceptors (Lipinski definition) is 11.